The Morgan fingerprint density at radius 2 is 1.68 bits per heavy atom. The number of amides is 1. The van der Waals surface area contributed by atoms with E-state index in [4.69, 9.17) is 4.74 Å². The van der Waals surface area contributed by atoms with Gasteiger partial charge >= 0.3 is 0 Å². The van der Waals surface area contributed by atoms with Gasteiger partial charge < -0.3 is 14.6 Å². The number of nitrogens with one attached hydrogen (secondary N) is 1. The van der Waals surface area contributed by atoms with E-state index >= 15 is 0 Å². The Morgan fingerprint density at radius 1 is 0.973 bits per heavy atom. The molecule has 0 radical (unpaired) electrons. The zero-order valence-corrected chi connectivity index (χ0v) is 21.7. The molecule has 0 atom stereocenters. The van der Waals surface area contributed by atoms with E-state index < -0.39 is 10.0 Å². The summed E-state index contributed by atoms with van der Waals surface area (Å²) in [6, 6.07) is 22.6. The van der Waals surface area contributed by atoms with Crippen LogP contribution in [0.4, 0.5) is 5.69 Å². The normalized spacial score (nSPS) is 11.5. The predicted molar refractivity (Wildman–Crippen MR) is 143 cm³/mol. The molecule has 0 aliphatic rings. The van der Waals surface area contributed by atoms with E-state index in [9.17, 15) is 13.2 Å². The summed E-state index contributed by atoms with van der Waals surface area (Å²) >= 11 is 1.24. The molecule has 9 nitrogen and oxygen atoms in total. The molecular weight excluding hydrogens is 510 g/mol. The van der Waals surface area contributed by atoms with Crippen LogP contribution >= 0.6 is 11.8 Å². The first-order chi connectivity index (χ1) is 17.9. The van der Waals surface area contributed by atoms with Gasteiger partial charge in [-0.05, 0) is 42.5 Å². The van der Waals surface area contributed by atoms with Crippen molar-refractivity contribution in [2.24, 2.45) is 7.05 Å². The zero-order valence-electron chi connectivity index (χ0n) is 20.0. The van der Waals surface area contributed by atoms with Gasteiger partial charge in [0.2, 0.25) is 5.91 Å². The molecule has 0 spiro atoms. The highest BCUT2D eigenvalue weighted by Crippen LogP contribution is 2.33. The number of thioether (sulfide) groups is 1. The van der Waals surface area contributed by atoms with Gasteiger partial charge in [-0.3, -0.25) is 4.79 Å². The van der Waals surface area contributed by atoms with Crippen LogP contribution in [0.25, 0.3) is 22.3 Å². The van der Waals surface area contributed by atoms with Gasteiger partial charge in [-0.15, -0.1) is 10.2 Å². The molecule has 5 rings (SSSR count). The van der Waals surface area contributed by atoms with E-state index in [0.717, 1.165) is 5.39 Å². The molecule has 0 bridgehead atoms. The van der Waals surface area contributed by atoms with Crippen LogP contribution in [0.15, 0.2) is 95.1 Å². The fourth-order valence-corrected chi connectivity index (χ4v) is 6.01. The second kappa shape index (κ2) is 10.1. The van der Waals surface area contributed by atoms with Gasteiger partial charge in [-0.1, -0.05) is 48.2 Å². The SMILES string of the molecule is COc1ccc(NC(=O)CSc2nnc(-c3cn(S(=O)(=O)c4ccccc4)c4ccccc34)n2C)cc1. The molecule has 0 aliphatic heterocycles. The van der Waals surface area contributed by atoms with Gasteiger partial charge in [-0.2, -0.15) is 0 Å². The minimum atomic E-state index is -3.82. The highest BCUT2D eigenvalue weighted by Gasteiger charge is 2.24. The maximum atomic E-state index is 13.4. The van der Waals surface area contributed by atoms with Crippen molar-refractivity contribution in [3.8, 4) is 17.1 Å². The molecule has 1 N–H and O–H groups in total. The van der Waals surface area contributed by atoms with Crippen molar-refractivity contribution in [2.45, 2.75) is 10.1 Å². The number of carbonyl (C=O) groups is 1. The highest BCUT2D eigenvalue weighted by molar-refractivity contribution is 7.99. The first-order valence-electron chi connectivity index (χ1n) is 11.3. The Hall–Kier alpha value is -4.09. The third-order valence-electron chi connectivity index (χ3n) is 5.76. The summed E-state index contributed by atoms with van der Waals surface area (Å²) < 4.78 is 35.0. The molecule has 5 aromatic rings. The minimum absolute atomic E-state index is 0.127. The summed E-state index contributed by atoms with van der Waals surface area (Å²) in [5.74, 6) is 1.14. The number of methoxy groups -OCH3 is 1. The van der Waals surface area contributed by atoms with Gasteiger partial charge in [0.1, 0.15) is 5.75 Å². The smallest absolute Gasteiger partial charge is 0.268 e. The van der Waals surface area contributed by atoms with Crippen LogP contribution in [-0.4, -0.2) is 45.9 Å². The van der Waals surface area contributed by atoms with Crippen molar-refractivity contribution in [3.63, 3.8) is 0 Å². The molecule has 1 amide bonds. The van der Waals surface area contributed by atoms with Crippen LogP contribution in [-0.2, 0) is 21.9 Å². The summed E-state index contributed by atoms with van der Waals surface area (Å²) in [5, 5.41) is 12.7. The van der Waals surface area contributed by atoms with Crippen molar-refractivity contribution < 1.29 is 17.9 Å². The Balaban J connectivity index is 1.40. The first kappa shape index (κ1) is 24.6. The Bertz CT molecular complexity index is 1680. The summed E-state index contributed by atoms with van der Waals surface area (Å²) in [4.78, 5) is 12.7. The lowest BCUT2D eigenvalue weighted by Crippen LogP contribution is -2.14. The van der Waals surface area contributed by atoms with Crippen LogP contribution in [0.5, 0.6) is 5.75 Å². The van der Waals surface area contributed by atoms with E-state index in [0.29, 0.717) is 33.5 Å². The van der Waals surface area contributed by atoms with E-state index in [1.165, 1.54) is 15.7 Å². The van der Waals surface area contributed by atoms with Gasteiger partial charge in [-0.25, -0.2) is 12.4 Å². The van der Waals surface area contributed by atoms with Crippen LogP contribution in [0, 0.1) is 0 Å². The molecule has 2 heterocycles. The van der Waals surface area contributed by atoms with Gasteiger partial charge in [0, 0.05) is 29.9 Å². The third kappa shape index (κ3) is 4.83. The van der Waals surface area contributed by atoms with Crippen molar-refractivity contribution in [2.75, 3.05) is 18.2 Å². The Morgan fingerprint density at radius 3 is 2.41 bits per heavy atom. The lowest BCUT2D eigenvalue weighted by atomic mass is 10.1. The van der Waals surface area contributed by atoms with Crippen LogP contribution < -0.4 is 10.1 Å². The molecule has 0 saturated carbocycles. The lowest BCUT2D eigenvalue weighted by molar-refractivity contribution is -0.113. The monoisotopic (exact) mass is 533 g/mol. The number of anilines is 1. The average molecular weight is 534 g/mol. The maximum absolute atomic E-state index is 13.4. The van der Waals surface area contributed by atoms with Gasteiger partial charge in [0.05, 0.1) is 23.3 Å². The van der Waals surface area contributed by atoms with Gasteiger partial charge in [0.15, 0.2) is 11.0 Å². The molecule has 0 saturated heterocycles. The number of ether oxygens (including phenoxy) is 1. The molecule has 0 fully saturated rings. The number of hydrogen-bond acceptors (Lipinski definition) is 7. The second-order valence-corrected chi connectivity index (χ2v) is 10.9. The molecule has 3 aromatic carbocycles. The number of para-hydroxylation sites is 1. The van der Waals surface area contributed by atoms with Crippen LogP contribution in [0.2, 0.25) is 0 Å². The molecule has 37 heavy (non-hydrogen) atoms. The van der Waals surface area contributed by atoms with Gasteiger partial charge in [0.25, 0.3) is 10.0 Å². The Kier molecular flexibility index (Phi) is 6.72. The number of benzene rings is 3. The fraction of sp³-hybridized carbons (Fsp3) is 0.115. The zero-order chi connectivity index (χ0) is 26.0. The molecule has 2 aromatic heterocycles. The number of hydrogen-bond donors (Lipinski definition) is 1. The average Bonchev–Trinajstić information content (AvgIpc) is 3.49. The quantitative estimate of drug-likeness (QED) is 0.294. The van der Waals surface area contributed by atoms with E-state index in [2.05, 4.69) is 15.5 Å². The number of nitrogens with zero attached hydrogens (tertiary/aromatic N) is 4. The van der Waals surface area contributed by atoms with Crippen molar-refractivity contribution in [1.82, 2.24) is 18.7 Å². The Labute approximate surface area is 218 Å². The van der Waals surface area contributed by atoms with Crippen LogP contribution in [0.3, 0.4) is 0 Å². The summed E-state index contributed by atoms with van der Waals surface area (Å²) in [6.45, 7) is 0. The largest absolute Gasteiger partial charge is 0.497 e. The maximum Gasteiger partial charge on any atom is 0.268 e. The summed E-state index contributed by atoms with van der Waals surface area (Å²) in [6.07, 6.45) is 1.57. The molecular formula is C26H23N5O4S2. The summed E-state index contributed by atoms with van der Waals surface area (Å²) in [7, 11) is -0.450. The predicted octanol–water partition coefficient (Wildman–Crippen LogP) is 4.41. The first-order valence-corrected chi connectivity index (χ1v) is 13.7. The van der Waals surface area contributed by atoms with E-state index in [-0.39, 0.29) is 16.6 Å². The fourth-order valence-electron chi connectivity index (χ4n) is 3.91. The van der Waals surface area contributed by atoms with Crippen molar-refractivity contribution in [3.05, 3.63) is 85.1 Å². The second-order valence-electron chi connectivity index (χ2n) is 8.10. The lowest BCUT2D eigenvalue weighted by Gasteiger charge is -2.07. The molecule has 0 unspecified atom stereocenters. The highest BCUT2D eigenvalue weighted by atomic mass is 32.2. The summed E-state index contributed by atoms with van der Waals surface area (Å²) in [5.41, 5.74) is 1.83. The van der Waals surface area contributed by atoms with E-state index in [1.807, 2.05) is 12.1 Å². The van der Waals surface area contributed by atoms with Crippen molar-refractivity contribution >= 4 is 44.3 Å². The topological polar surface area (TPSA) is 108 Å². The molecule has 188 valence electrons. The number of aromatic nitrogens is 4. The number of rotatable bonds is 8. The molecule has 11 heteroatoms. The van der Waals surface area contributed by atoms with Crippen molar-refractivity contribution in [1.29, 1.82) is 0 Å². The third-order valence-corrected chi connectivity index (χ3v) is 8.47. The standard InChI is InChI=1S/C26H23N5O4S2/c1-30-25(28-29-26(30)36-17-24(32)27-18-12-14-19(35-2)15-13-18)22-16-31(23-11-7-6-10-21(22)23)37(33,34)20-8-4-3-5-9-20/h3-16H,17H2,1-2H3,(H,27,32). The van der Waals surface area contributed by atoms with E-state index in [1.54, 1.807) is 91.7 Å². The number of fused-ring (bicyclic) bond motifs is 1. The van der Waals surface area contributed by atoms with Crippen LogP contribution in [0.1, 0.15) is 0 Å². The minimum Gasteiger partial charge on any atom is -0.497 e. The number of carbonyl (C=O) groups excluding carboxylic acids is 1. The molecule has 0 aliphatic carbocycles.